The fourth-order valence-corrected chi connectivity index (χ4v) is 9.41. The Labute approximate surface area is 259 Å². The number of carbonyl (C=O) groups excluding carboxylic acids is 1. The van der Waals surface area contributed by atoms with Gasteiger partial charge in [-0.1, -0.05) is 50.1 Å². The lowest BCUT2D eigenvalue weighted by Gasteiger charge is -2.57. The highest BCUT2D eigenvalue weighted by atomic mass is 32.1. The van der Waals surface area contributed by atoms with Gasteiger partial charge in [-0.3, -0.25) is 4.79 Å². The van der Waals surface area contributed by atoms with Gasteiger partial charge in [-0.2, -0.15) is 27.0 Å². The molecule has 2 atom stereocenters. The molecule has 1 N–H and O–H groups in total. The molecule has 2 heterocycles. The maximum atomic E-state index is 13.4. The molecule has 3 aromatic rings. The second-order valence-corrected chi connectivity index (χ2v) is 13.1. The second kappa shape index (κ2) is 11.7. The minimum atomic E-state index is -0.201. The van der Waals surface area contributed by atoms with E-state index < -0.39 is 0 Å². The molecular weight excluding hydrogens is 543 g/mol. The van der Waals surface area contributed by atoms with Gasteiger partial charge in [0, 0.05) is 40.9 Å². The number of benzene rings is 2. The van der Waals surface area contributed by atoms with Gasteiger partial charge in [0.2, 0.25) is 0 Å². The predicted octanol–water partition coefficient (Wildman–Crippen LogP) is 7.45. The molecule has 0 spiro atoms. The highest BCUT2D eigenvalue weighted by Gasteiger charge is 2.51. The average Bonchev–Trinajstić information content (AvgIpc) is 3.21. The van der Waals surface area contributed by atoms with Crippen molar-refractivity contribution < 1.29 is 4.79 Å². The summed E-state index contributed by atoms with van der Waals surface area (Å²) in [7, 11) is 2.14. The highest BCUT2D eigenvalue weighted by Crippen LogP contribution is 2.56. The van der Waals surface area contributed by atoms with Gasteiger partial charge in [0.05, 0.1) is 6.04 Å². The van der Waals surface area contributed by atoms with Gasteiger partial charge < -0.3 is 14.8 Å². The van der Waals surface area contributed by atoms with Crippen molar-refractivity contribution in [2.45, 2.75) is 88.8 Å². The number of nitrogens with one attached hydrogen (secondary N) is 1. The first-order chi connectivity index (χ1) is 19.0. The van der Waals surface area contributed by atoms with E-state index in [1.165, 1.54) is 66.4 Å². The van der Waals surface area contributed by atoms with Crippen LogP contribution in [0.15, 0.2) is 48.5 Å². The molecule has 2 aromatic carbocycles. The summed E-state index contributed by atoms with van der Waals surface area (Å²) in [6.07, 6.45) is 18.1. The maximum Gasteiger partial charge on any atom is 0.299 e. The zero-order valence-electron chi connectivity index (χ0n) is 24.5. The molecule has 4 aliphatic carbocycles. The van der Waals surface area contributed by atoms with E-state index in [-0.39, 0.29) is 50.5 Å². The van der Waals surface area contributed by atoms with Gasteiger partial charge in [-0.05, 0) is 104 Å². The van der Waals surface area contributed by atoms with Crippen molar-refractivity contribution in [1.29, 1.82) is 0 Å². The second-order valence-electron chi connectivity index (χ2n) is 13.1. The summed E-state index contributed by atoms with van der Waals surface area (Å²) in [5.74, 6) is 5.03. The Kier molecular flexibility index (Phi) is 8.52. The molecule has 4 fully saturated rings. The number of amides is 1. The molecule has 0 unspecified atom stereocenters. The van der Waals surface area contributed by atoms with Crippen LogP contribution in [0.4, 0.5) is 5.69 Å². The number of nitrogens with zero attached hydrogens (tertiary/aromatic N) is 2. The number of aryl methyl sites for hydroxylation is 1. The molecule has 4 nitrogen and oxygen atoms in total. The van der Waals surface area contributed by atoms with Crippen LogP contribution in [0.1, 0.15) is 87.6 Å². The third-order valence-corrected chi connectivity index (χ3v) is 10.6. The van der Waals surface area contributed by atoms with E-state index >= 15 is 0 Å². The number of aromatic nitrogens is 1. The summed E-state index contributed by atoms with van der Waals surface area (Å²) < 4.78 is 2.30. The first-order valence-electron chi connectivity index (χ1n) is 15.2. The fraction of sp³-hybridized carbons (Fsp3) is 0.514. The Balaban J connectivity index is 0.00000169. The number of para-hydroxylation sites is 1. The summed E-state index contributed by atoms with van der Waals surface area (Å²) in [5, 5.41) is 5.33. The molecule has 8 rings (SSSR count). The summed E-state index contributed by atoms with van der Waals surface area (Å²) in [6, 6.07) is 17.6. The Morgan fingerprint density at radius 3 is 2.24 bits per heavy atom. The molecule has 1 amide bonds. The van der Waals surface area contributed by atoms with Crippen molar-refractivity contribution in [2.24, 2.45) is 24.8 Å². The molecule has 4 saturated carbocycles. The molecule has 6 heteroatoms. The Bertz CT molecular complexity index is 1420. The summed E-state index contributed by atoms with van der Waals surface area (Å²) >= 11 is 0. The zero-order valence-corrected chi connectivity index (χ0v) is 26.5. The Hall–Kier alpha value is -2.49. The molecule has 1 aromatic heterocycles. The van der Waals surface area contributed by atoms with E-state index in [9.17, 15) is 4.79 Å². The zero-order chi connectivity index (χ0) is 26.7. The number of fused-ring (bicyclic) bond motifs is 3. The van der Waals surface area contributed by atoms with Crippen LogP contribution in [0.25, 0.3) is 10.9 Å². The van der Waals surface area contributed by atoms with E-state index in [1.807, 2.05) is 4.90 Å². The first kappa shape index (κ1) is 30.0. The normalized spacial score (nSPS) is 29.3. The Morgan fingerprint density at radius 1 is 1.00 bits per heavy atom. The van der Waals surface area contributed by atoms with Crippen molar-refractivity contribution >= 4 is 49.5 Å². The molecule has 0 radical (unpaired) electrons. The summed E-state index contributed by atoms with van der Waals surface area (Å²) in [4.78, 5) is 15.4. The van der Waals surface area contributed by atoms with Gasteiger partial charge >= 0.3 is 0 Å². The summed E-state index contributed by atoms with van der Waals surface area (Å²) in [6.45, 7) is 2.21. The molecule has 41 heavy (non-hydrogen) atoms. The predicted molar refractivity (Wildman–Crippen MR) is 179 cm³/mol. The van der Waals surface area contributed by atoms with Crippen molar-refractivity contribution in [3.63, 3.8) is 0 Å². The molecule has 4 bridgehead atoms. The first-order valence-corrected chi connectivity index (χ1v) is 15.2. The van der Waals surface area contributed by atoms with Crippen molar-refractivity contribution in [3.05, 3.63) is 65.4 Å². The Morgan fingerprint density at radius 2 is 1.63 bits per heavy atom. The minimum absolute atomic E-state index is 0. The number of anilines is 1. The van der Waals surface area contributed by atoms with E-state index in [2.05, 4.69) is 78.3 Å². The van der Waals surface area contributed by atoms with Gasteiger partial charge in [-0.15, -0.1) is 6.42 Å². The van der Waals surface area contributed by atoms with Gasteiger partial charge in [0.1, 0.15) is 0 Å². The third kappa shape index (κ3) is 5.08. The molecule has 0 saturated heterocycles. The van der Waals surface area contributed by atoms with Crippen molar-refractivity contribution in [1.82, 2.24) is 9.47 Å². The average molecular weight is 588 g/mol. The van der Waals surface area contributed by atoms with Crippen LogP contribution in [0.5, 0.6) is 0 Å². The standard InChI is InChI=1S/C35H41N3O.2H2S/c1-4-6-9-28-19-30-29-10-7-8-11-31(29)37(3)34(30)33(38(28)32(39)5-2)26-12-14-27(15-13-26)36-35-20-23-16-24(21-35)18-25(17-23)22-35;;/h2,7-8,10-15,23-25,28,33,36H,4,6,9,16-22H2,1,3H3;2*1H2/t23?,24?,25?,28-,33-,35?;;/m0../s1. The van der Waals surface area contributed by atoms with Crippen LogP contribution in [0.2, 0.25) is 0 Å². The summed E-state index contributed by atoms with van der Waals surface area (Å²) in [5.41, 5.74) is 6.43. The van der Waals surface area contributed by atoms with Crippen LogP contribution in [0, 0.1) is 30.1 Å². The maximum absolute atomic E-state index is 13.4. The van der Waals surface area contributed by atoms with Crippen molar-refractivity contribution in [2.75, 3.05) is 5.32 Å². The fourth-order valence-electron chi connectivity index (χ4n) is 9.41. The van der Waals surface area contributed by atoms with Crippen LogP contribution < -0.4 is 5.32 Å². The van der Waals surface area contributed by atoms with Gasteiger partial charge in [-0.25, -0.2) is 0 Å². The molecule has 218 valence electrons. The van der Waals surface area contributed by atoms with Crippen LogP contribution in [-0.4, -0.2) is 27.0 Å². The third-order valence-electron chi connectivity index (χ3n) is 10.6. The number of rotatable bonds is 6. The van der Waals surface area contributed by atoms with E-state index in [0.29, 0.717) is 0 Å². The topological polar surface area (TPSA) is 37.3 Å². The van der Waals surface area contributed by atoms with Gasteiger partial charge in [0.15, 0.2) is 0 Å². The SMILES string of the molecule is C#CC(=O)N1[C@@H](CCCC)Cc2c(n(C)c3ccccc23)[C@@H]1c1ccc(NC23CC4CC(CC(C4)C2)C3)cc1.S.S. The molecule has 1 aliphatic heterocycles. The lowest BCUT2D eigenvalue weighted by molar-refractivity contribution is -0.130. The quantitative estimate of drug-likeness (QED) is 0.304. The molecular formula is C35H45N3OS2. The molecule has 5 aliphatic rings. The number of terminal acetylenes is 1. The van der Waals surface area contributed by atoms with E-state index in [4.69, 9.17) is 6.42 Å². The van der Waals surface area contributed by atoms with Crippen LogP contribution >= 0.6 is 27.0 Å². The monoisotopic (exact) mass is 587 g/mol. The van der Waals surface area contributed by atoms with E-state index in [0.717, 1.165) is 49.0 Å². The number of carbonyl (C=O) groups is 1. The lowest BCUT2D eigenvalue weighted by atomic mass is 9.53. The number of unbranched alkanes of at least 4 members (excludes halogenated alkanes) is 1. The highest BCUT2D eigenvalue weighted by molar-refractivity contribution is 7.59. The van der Waals surface area contributed by atoms with Crippen molar-refractivity contribution in [3.8, 4) is 12.3 Å². The lowest BCUT2D eigenvalue weighted by Crippen LogP contribution is -2.54. The van der Waals surface area contributed by atoms with E-state index in [1.54, 1.807) is 0 Å². The number of hydrogen-bond donors (Lipinski definition) is 1. The number of hydrogen-bond acceptors (Lipinski definition) is 2. The minimum Gasteiger partial charge on any atom is -0.380 e. The smallest absolute Gasteiger partial charge is 0.299 e. The van der Waals surface area contributed by atoms with Crippen LogP contribution in [0.3, 0.4) is 0 Å². The largest absolute Gasteiger partial charge is 0.380 e. The van der Waals surface area contributed by atoms with Gasteiger partial charge in [0.25, 0.3) is 5.91 Å². The van der Waals surface area contributed by atoms with Crippen LogP contribution in [-0.2, 0) is 18.3 Å².